The largest absolute Gasteiger partial charge is 0.359 e. The minimum Gasteiger partial charge on any atom is -0.359 e. The van der Waals surface area contributed by atoms with E-state index in [1.165, 1.54) is 18.3 Å². The van der Waals surface area contributed by atoms with Gasteiger partial charge in [0.05, 0.1) is 16.3 Å². The maximum Gasteiger partial charge on any atom is 0.263 e. The maximum atomic E-state index is 12.6. The Bertz CT molecular complexity index is 1660. The van der Waals surface area contributed by atoms with Gasteiger partial charge in [0.25, 0.3) is 10.0 Å². The Balaban J connectivity index is 1.27. The molecular weight excluding hydrogens is 472 g/mol. The fourth-order valence-corrected chi connectivity index (χ4v) is 4.61. The standard InChI is InChI=1S/C27H22N6O2S/c1-19(30-21-13-15-23(16-14-21)36(34,35)33-27-8-4-5-17-28-27)20-9-11-22(12-10-20)31-32-26-18-29-25-7-3-2-6-24(25)26/h2-18,29H,1H3,(H,28,33). The highest BCUT2D eigenvalue weighted by atomic mass is 32.2. The average molecular weight is 495 g/mol. The van der Waals surface area contributed by atoms with Crippen molar-refractivity contribution in [2.24, 2.45) is 15.2 Å². The van der Waals surface area contributed by atoms with Gasteiger partial charge in [-0.1, -0.05) is 36.4 Å². The summed E-state index contributed by atoms with van der Waals surface area (Å²) in [5.74, 6) is 0.264. The Kier molecular flexibility index (Phi) is 6.38. The monoisotopic (exact) mass is 494 g/mol. The molecule has 0 bridgehead atoms. The van der Waals surface area contributed by atoms with E-state index in [0.717, 1.165) is 33.6 Å². The summed E-state index contributed by atoms with van der Waals surface area (Å²) in [7, 11) is -3.73. The number of aromatic amines is 1. The van der Waals surface area contributed by atoms with Gasteiger partial charge in [-0.15, -0.1) is 5.11 Å². The molecule has 0 amide bonds. The first-order valence-corrected chi connectivity index (χ1v) is 12.6. The number of H-pyrrole nitrogens is 1. The van der Waals surface area contributed by atoms with Crippen LogP contribution in [0.2, 0.25) is 0 Å². The first-order chi connectivity index (χ1) is 17.5. The van der Waals surface area contributed by atoms with E-state index in [1.807, 2.05) is 61.7 Å². The molecule has 0 fully saturated rings. The van der Waals surface area contributed by atoms with Crippen molar-refractivity contribution in [3.8, 4) is 0 Å². The van der Waals surface area contributed by atoms with Crippen LogP contribution in [0, 0.1) is 0 Å². The predicted molar refractivity (Wildman–Crippen MR) is 142 cm³/mol. The molecule has 2 heterocycles. The van der Waals surface area contributed by atoms with Crippen LogP contribution in [0.1, 0.15) is 12.5 Å². The second-order valence-corrected chi connectivity index (χ2v) is 9.66. The topological polar surface area (TPSA) is 112 Å². The molecule has 0 aliphatic heterocycles. The van der Waals surface area contributed by atoms with Crippen molar-refractivity contribution in [3.63, 3.8) is 0 Å². The molecule has 0 saturated carbocycles. The fraction of sp³-hybridized carbons (Fsp3) is 0.0370. The van der Waals surface area contributed by atoms with Crippen molar-refractivity contribution < 1.29 is 8.42 Å². The Morgan fingerprint density at radius 3 is 2.31 bits per heavy atom. The Hall–Kier alpha value is -4.63. The summed E-state index contributed by atoms with van der Waals surface area (Å²) in [5, 5.41) is 9.73. The van der Waals surface area contributed by atoms with Gasteiger partial charge in [0.2, 0.25) is 0 Å². The SMILES string of the molecule is CC(=Nc1ccc(S(=O)(=O)Nc2ccccn2)cc1)c1ccc(N=Nc2c[nH]c3ccccc23)cc1. The summed E-state index contributed by atoms with van der Waals surface area (Å²) >= 11 is 0. The number of benzene rings is 3. The summed E-state index contributed by atoms with van der Waals surface area (Å²) in [6, 6.07) is 27.0. The highest BCUT2D eigenvalue weighted by Crippen LogP contribution is 2.27. The van der Waals surface area contributed by atoms with Crippen LogP contribution >= 0.6 is 0 Å². The van der Waals surface area contributed by atoms with Gasteiger partial charge in [0, 0.05) is 29.0 Å². The molecule has 5 rings (SSSR count). The van der Waals surface area contributed by atoms with Gasteiger partial charge in [-0.25, -0.2) is 13.4 Å². The lowest BCUT2D eigenvalue weighted by molar-refractivity contribution is 0.601. The first kappa shape index (κ1) is 23.1. The predicted octanol–water partition coefficient (Wildman–Crippen LogP) is 6.92. The van der Waals surface area contributed by atoms with Crippen LogP contribution in [0.4, 0.5) is 22.9 Å². The molecule has 0 aliphatic rings. The van der Waals surface area contributed by atoms with Gasteiger partial charge >= 0.3 is 0 Å². The normalized spacial score (nSPS) is 12.3. The van der Waals surface area contributed by atoms with Crippen LogP contribution in [-0.2, 0) is 10.0 Å². The molecule has 9 heteroatoms. The maximum absolute atomic E-state index is 12.6. The molecule has 2 N–H and O–H groups in total. The molecule has 178 valence electrons. The molecule has 0 spiro atoms. The Morgan fingerprint density at radius 2 is 1.56 bits per heavy atom. The molecule has 0 atom stereocenters. The van der Waals surface area contributed by atoms with E-state index in [0.29, 0.717) is 5.69 Å². The molecule has 3 aromatic carbocycles. The molecule has 0 saturated heterocycles. The highest BCUT2D eigenvalue weighted by molar-refractivity contribution is 7.92. The second-order valence-electron chi connectivity index (χ2n) is 7.98. The van der Waals surface area contributed by atoms with E-state index in [2.05, 4.69) is 29.9 Å². The highest BCUT2D eigenvalue weighted by Gasteiger charge is 2.14. The van der Waals surface area contributed by atoms with Crippen LogP contribution in [0.5, 0.6) is 0 Å². The fourth-order valence-electron chi connectivity index (χ4n) is 3.60. The van der Waals surface area contributed by atoms with Crippen LogP contribution in [0.15, 0.2) is 124 Å². The number of sulfonamides is 1. The summed E-state index contributed by atoms with van der Waals surface area (Å²) in [6.45, 7) is 1.90. The van der Waals surface area contributed by atoms with Crippen molar-refractivity contribution in [2.75, 3.05) is 4.72 Å². The molecule has 36 heavy (non-hydrogen) atoms. The zero-order valence-electron chi connectivity index (χ0n) is 19.3. The molecule has 0 radical (unpaired) electrons. The van der Waals surface area contributed by atoms with Gasteiger partial charge in [-0.05, 0) is 67.1 Å². The van der Waals surface area contributed by atoms with Crippen molar-refractivity contribution in [3.05, 3.63) is 109 Å². The van der Waals surface area contributed by atoms with E-state index in [-0.39, 0.29) is 10.7 Å². The zero-order chi connectivity index (χ0) is 25.0. The van der Waals surface area contributed by atoms with E-state index < -0.39 is 10.0 Å². The van der Waals surface area contributed by atoms with Crippen molar-refractivity contribution in [2.45, 2.75) is 11.8 Å². The number of azo groups is 1. The van der Waals surface area contributed by atoms with Gasteiger partial charge in [-0.3, -0.25) is 9.71 Å². The van der Waals surface area contributed by atoms with Gasteiger partial charge in [0.15, 0.2) is 0 Å². The van der Waals surface area contributed by atoms with E-state index in [4.69, 9.17) is 0 Å². The van der Waals surface area contributed by atoms with Crippen molar-refractivity contribution in [1.29, 1.82) is 0 Å². The lowest BCUT2D eigenvalue weighted by atomic mass is 10.1. The molecule has 0 aliphatic carbocycles. The summed E-state index contributed by atoms with van der Waals surface area (Å²) in [5.41, 5.74) is 4.89. The third-order valence-corrected chi connectivity index (χ3v) is 6.84. The third-order valence-electron chi connectivity index (χ3n) is 5.47. The summed E-state index contributed by atoms with van der Waals surface area (Å²) in [6.07, 6.45) is 3.36. The number of aliphatic imine (C=N–C) groups is 1. The number of aromatic nitrogens is 2. The number of nitrogens with one attached hydrogen (secondary N) is 2. The van der Waals surface area contributed by atoms with Gasteiger partial charge in [-0.2, -0.15) is 5.11 Å². The van der Waals surface area contributed by atoms with E-state index >= 15 is 0 Å². The van der Waals surface area contributed by atoms with Gasteiger partial charge in [0.1, 0.15) is 11.5 Å². The number of para-hydroxylation sites is 1. The van der Waals surface area contributed by atoms with Crippen LogP contribution < -0.4 is 4.72 Å². The van der Waals surface area contributed by atoms with Crippen LogP contribution in [0.25, 0.3) is 10.9 Å². The summed E-state index contributed by atoms with van der Waals surface area (Å²) < 4.78 is 27.6. The quantitative estimate of drug-likeness (QED) is 0.189. The molecule has 8 nitrogen and oxygen atoms in total. The van der Waals surface area contributed by atoms with E-state index in [1.54, 1.807) is 30.3 Å². The van der Waals surface area contributed by atoms with Crippen molar-refractivity contribution >= 4 is 49.5 Å². The number of rotatable bonds is 7. The van der Waals surface area contributed by atoms with Crippen LogP contribution in [0.3, 0.4) is 0 Å². The van der Waals surface area contributed by atoms with E-state index in [9.17, 15) is 8.42 Å². The number of hydrogen-bond donors (Lipinski definition) is 2. The third kappa shape index (κ3) is 5.21. The second kappa shape index (κ2) is 9.93. The minimum atomic E-state index is -3.73. The zero-order valence-corrected chi connectivity index (χ0v) is 20.1. The molecular formula is C27H22N6O2S. The minimum absolute atomic E-state index is 0.134. The molecule has 2 aromatic heterocycles. The Labute approximate surface area is 208 Å². The average Bonchev–Trinajstić information content (AvgIpc) is 3.31. The number of nitrogens with zero attached hydrogens (tertiary/aromatic N) is 4. The smallest absolute Gasteiger partial charge is 0.263 e. The van der Waals surface area contributed by atoms with Crippen LogP contribution in [-0.4, -0.2) is 24.1 Å². The Morgan fingerprint density at radius 1 is 0.833 bits per heavy atom. The molecule has 0 unspecified atom stereocenters. The number of pyridine rings is 1. The first-order valence-electron chi connectivity index (χ1n) is 11.2. The number of fused-ring (bicyclic) bond motifs is 1. The lowest BCUT2D eigenvalue weighted by Gasteiger charge is -2.07. The number of hydrogen-bond acceptors (Lipinski definition) is 6. The number of anilines is 1. The van der Waals surface area contributed by atoms with Crippen molar-refractivity contribution in [1.82, 2.24) is 9.97 Å². The van der Waals surface area contributed by atoms with Gasteiger partial charge < -0.3 is 4.98 Å². The lowest BCUT2D eigenvalue weighted by Crippen LogP contribution is -2.13. The molecule has 5 aromatic rings. The summed E-state index contributed by atoms with van der Waals surface area (Å²) in [4.78, 5) is 11.9.